The van der Waals surface area contributed by atoms with E-state index in [0.29, 0.717) is 25.5 Å². The predicted molar refractivity (Wildman–Crippen MR) is 95.5 cm³/mol. The van der Waals surface area contributed by atoms with E-state index in [-0.39, 0.29) is 12.5 Å². The van der Waals surface area contributed by atoms with Gasteiger partial charge in [0.05, 0.1) is 13.2 Å². The predicted octanol–water partition coefficient (Wildman–Crippen LogP) is 3.67. The molecular formula is C19H22ClNO3. The first-order valence-electron chi connectivity index (χ1n) is 7.84. The molecule has 2 aromatic carbocycles. The largest absolute Gasteiger partial charge is 0.484 e. The summed E-state index contributed by atoms with van der Waals surface area (Å²) in [7, 11) is 0. The Balaban J connectivity index is 1.63. The van der Waals surface area contributed by atoms with Crippen LogP contribution in [-0.2, 0) is 16.1 Å². The molecule has 0 aromatic heterocycles. The molecule has 24 heavy (non-hydrogen) atoms. The molecule has 0 aliphatic heterocycles. The number of halogens is 1. The lowest BCUT2D eigenvalue weighted by Gasteiger charge is -2.10. The summed E-state index contributed by atoms with van der Waals surface area (Å²) in [5.41, 5.74) is 2.98. The SMILES string of the molecule is Cc1cc(OCC(=O)NCCOCc2ccccc2)cc(C)c1Cl. The first-order chi connectivity index (χ1) is 11.6. The Bertz CT molecular complexity index is 651. The second kappa shape index (κ2) is 9.30. The quantitative estimate of drug-likeness (QED) is 0.741. The number of carbonyl (C=O) groups is 1. The normalized spacial score (nSPS) is 10.5. The van der Waals surface area contributed by atoms with Gasteiger partial charge in [-0.15, -0.1) is 0 Å². The molecule has 2 rings (SSSR count). The molecule has 5 heteroatoms. The van der Waals surface area contributed by atoms with Crippen molar-refractivity contribution in [1.29, 1.82) is 0 Å². The highest BCUT2D eigenvalue weighted by Crippen LogP contribution is 2.25. The molecule has 0 saturated heterocycles. The average molecular weight is 348 g/mol. The van der Waals surface area contributed by atoms with E-state index in [0.717, 1.165) is 21.7 Å². The van der Waals surface area contributed by atoms with Gasteiger partial charge in [-0.2, -0.15) is 0 Å². The van der Waals surface area contributed by atoms with Gasteiger partial charge in [0, 0.05) is 11.6 Å². The Kier molecular flexibility index (Phi) is 7.09. The van der Waals surface area contributed by atoms with E-state index in [1.54, 1.807) is 0 Å². The molecule has 0 radical (unpaired) electrons. The van der Waals surface area contributed by atoms with Crippen molar-refractivity contribution in [3.8, 4) is 5.75 Å². The first kappa shape index (κ1) is 18.3. The van der Waals surface area contributed by atoms with Crippen LogP contribution in [0.4, 0.5) is 0 Å². The van der Waals surface area contributed by atoms with Crippen molar-refractivity contribution in [3.05, 3.63) is 64.2 Å². The van der Waals surface area contributed by atoms with Crippen molar-refractivity contribution in [2.45, 2.75) is 20.5 Å². The number of hydrogen-bond acceptors (Lipinski definition) is 3. The van der Waals surface area contributed by atoms with Gasteiger partial charge in [0.2, 0.25) is 0 Å². The fourth-order valence-electron chi connectivity index (χ4n) is 2.22. The summed E-state index contributed by atoms with van der Waals surface area (Å²) in [6.45, 7) is 5.24. The van der Waals surface area contributed by atoms with E-state index in [1.807, 2.05) is 56.3 Å². The molecule has 0 saturated carbocycles. The van der Waals surface area contributed by atoms with Gasteiger partial charge in [-0.25, -0.2) is 0 Å². The molecular weight excluding hydrogens is 326 g/mol. The smallest absolute Gasteiger partial charge is 0.258 e. The summed E-state index contributed by atoms with van der Waals surface area (Å²) < 4.78 is 11.0. The van der Waals surface area contributed by atoms with Crippen LogP contribution in [0.3, 0.4) is 0 Å². The van der Waals surface area contributed by atoms with E-state index in [9.17, 15) is 4.79 Å². The van der Waals surface area contributed by atoms with Crippen molar-refractivity contribution in [2.75, 3.05) is 19.8 Å². The van der Waals surface area contributed by atoms with E-state index in [4.69, 9.17) is 21.1 Å². The molecule has 4 nitrogen and oxygen atoms in total. The number of nitrogens with one attached hydrogen (secondary N) is 1. The van der Waals surface area contributed by atoms with Crippen molar-refractivity contribution in [3.63, 3.8) is 0 Å². The lowest BCUT2D eigenvalue weighted by molar-refractivity contribution is -0.123. The third kappa shape index (κ3) is 5.87. The van der Waals surface area contributed by atoms with Crippen LogP contribution in [-0.4, -0.2) is 25.7 Å². The van der Waals surface area contributed by atoms with Gasteiger partial charge < -0.3 is 14.8 Å². The standard InChI is InChI=1S/C19H22ClNO3/c1-14-10-17(11-15(2)19(14)20)24-13-18(22)21-8-9-23-12-16-6-4-3-5-7-16/h3-7,10-11H,8-9,12-13H2,1-2H3,(H,21,22). The van der Waals surface area contributed by atoms with Gasteiger partial charge in [-0.1, -0.05) is 41.9 Å². The maximum atomic E-state index is 11.8. The number of rotatable bonds is 8. The van der Waals surface area contributed by atoms with E-state index >= 15 is 0 Å². The van der Waals surface area contributed by atoms with Crippen molar-refractivity contribution in [2.24, 2.45) is 0 Å². The minimum absolute atomic E-state index is 0.0286. The lowest BCUT2D eigenvalue weighted by Crippen LogP contribution is -2.31. The van der Waals surface area contributed by atoms with Crippen LogP contribution in [0.2, 0.25) is 5.02 Å². The average Bonchev–Trinajstić information content (AvgIpc) is 2.58. The highest BCUT2D eigenvalue weighted by molar-refractivity contribution is 6.32. The van der Waals surface area contributed by atoms with Gasteiger partial charge in [0.1, 0.15) is 5.75 Å². The number of aryl methyl sites for hydroxylation is 2. The maximum Gasteiger partial charge on any atom is 0.258 e. The van der Waals surface area contributed by atoms with Crippen LogP contribution in [0, 0.1) is 13.8 Å². The van der Waals surface area contributed by atoms with E-state index in [1.165, 1.54) is 0 Å². The molecule has 1 amide bonds. The van der Waals surface area contributed by atoms with Crippen LogP contribution in [0.15, 0.2) is 42.5 Å². The zero-order valence-corrected chi connectivity index (χ0v) is 14.7. The summed E-state index contributed by atoms with van der Waals surface area (Å²) in [5.74, 6) is 0.466. The first-order valence-corrected chi connectivity index (χ1v) is 8.22. The molecule has 2 aromatic rings. The second-order valence-corrected chi connectivity index (χ2v) is 5.93. The Hall–Kier alpha value is -2.04. The van der Waals surface area contributed by atoms with Gasteiger partial charge in [-0.05, 0) is 42.7 Å². The summed E-state index contributed by atoms with van der Waals surface area (Å²) in [5, 5.41) is 3.49. The van der Waals surface area contributed by atoms with Crippen LogP contribution < -0.4 is 10.1 Å². The zero-order valence-electron chi connectivity index (χ0n) is 14.0. The fraction of sp³-hybridized carbons (Fsp3) is 0.316. The van der Waals surface area contributed by atoms with E-state index < -0.39 is 0 Å². The lowest BCUT2D eigenvalue weighted by atomic mass is 10.1. The molecule has 0 atom stereocenters. The summed E-state index contributed by atoms with van der Waals surface area (Å²) in [4.78, 5) is 11.8. The molecule has 0 heterocycles. The Morgan fingerprint density at radius 1 is 1.12 bits per heavy atom. The zero-order chi connectivity index (χ0) is 17.4. The Morgan fingerprint density at radius 3 is 2.46 bits per heavy atom. The van der Waals surface area contributed by atoms with Crippen molar-refractivity contribution < 1.29 is 14.3 Å². The molecule has 0 bridgehead atoms. The topological polar surface area (TPSA) is 47.6 Å². The van der Waals surface area contributed by atoms with Gasteiger partial charge in [0.15, 0.2) is 6.61 Å². The summed E-state index contributed by atoms with van der Waals surface area (Å²) >= 11 is 6.11. The molecule has 0 aliphatic carbocycles. The molecule has 0 aliphatic rings. The number of amides is 1. The third-order valence-electron chi connectivity index (χ3n) is 3.46. The minimum atomic E-state index is -0.177. The molecule has 128 valence electrons. The van der Waals surface area contributed by atoms with Crippen LogP contribution in [0.25, 0.3) is 0 Å². The van der Waals surface area contributed by atoms with Gasteiger partial charge >= 0.3 is 0 Å². The van der Waals surface area contributed by atoms with Crippen LogP contribution >= 0.6 is 11.6 Å². The number of carbonyl (C=O) groups excluding carboxylic acids is 1. The Morgan fingerprint density at radius 2 is 1.79 bits per heavy atom. The van der Waals surface area contributed by atoms with Crippen LogP contribution in [0.5, 0.6) is 5.75 Å². The van der Waals surface area contributed by atoms with Gasteiger partial charge in [-0.3, -0.25) is 4.79 Å². The van der Waals surface area contributed by atoms with Crippen molar-refractivity contribution in [1.82, 2.24) is 5.32 Å². The number of ether oxygens (including phenoxy) is 2. The molecule has 0 spiro atoms. The van der Waals surface area contributed by atoms with Crippen LogP contribution in [0.1, 0.15) is 16.7 Å². The second-order valence-electron chi connectivity index (χ2n) is 5.55. The van der Waals surface area contributed by atoms with E-state index in [2.05, 4.69) is 5.32 Å². The minimum Gasteiger partial charge on any atom is -0.484 e. The highest BCUT2D eigenvalue weighted by Gasteiger charge is 2.06. The molecule has 1 N–H and O–H groups in total. The summed E-state index contributed by atoms with van der Waals surface area (Å²) in [6.07, 6.45) is 0. The fourth-order valence-corrected chi connectivity index (χ4v) is 2.33. The third-order valence-corrected chi connectivity index (χ3v) is 4.06. The maximum absolute atomic E-state index is 11.8. The Labute approximate surface area is 147 Å². The monoisotopic (exact) mass is 347 g/mol. The van der Waals surface area contributed by atoms with Crippen molar-refractivity contribution >= 4 is 17.5 Å². The molecule has 0 unspecified atom stereocenters. The molecule has 0 fully saturated rings. The highest BCUT2D eigenvalue weighted by atomic mass is 35.5. The summed E-state index contributed by atoms with van der Waals surface area (Å²) in [6, 6.07) is 13.6. The number of hydrogen-bond donors (Lipinski definition) is 1. The number of benzene rings is 2. The van der Waals surface area contributed by atoms with Gasteiger partial charge in [0.25, 0.3) is 5.91 Å².